The van der Waals surface area contributed by atoms with Crippen molar-refractivity contribution >= 4 is 17.7 Å². The van der Waals surface area contributed by atoms with Crippen molar-refractivity contribution in [1.82, 2.24) is 0 Å². The predicted molar refractivity (Wildman–Crippen MR) is 47.6 cm³/mol. The van der Waals surface area contributed by atoms with Gasteiger partial charge in [0.2, 0.25) is 5.78 Å². The highest BCUT2D eigenvalue weighted by Gasteiger charge is 2.19. The van der Waals surface area contributed by atoms with Gasteiger partial charge in [-0.15, -0.1) is 0 Å². The van der Waals surface area contributed by atoms with E-state index >= 15 is 0 Å². The summed E-state index contributed by atoms with van der Waals surface area (Å²) >= 11 is 0. The maximum absolute atomic E-state index is 11.3. The van der Waals surface area contributed by atoms with Crippen LogP contribution in [0.2, 0.25) is 0 Å². The minimum Gasteiger partial charge on any atom is -0.477 e. The van der Waals surface area contributed by atoms with E-state index < -0.39 is 17.3 Å². The largest absolute Gasteiger partial charge is 0.477 e. The van der Waals surface area contributed by atoms with Crippen molar-refractivity contribution in [2.75, 3.05) is 0 Å². The summed E-state index contributed by atoms with van der Waals surface area (Å²) in [5, 5.41) is 8.48. The van der Waals surface area contributed by atoms with Gasteiger partial charge in [-0.1, -0.05) is 30.3 Å². The molecule has 0 aliphatic heterocycles. The van der Waals surface area contributed by atoms with Crippen molar-refractivity contribution in [3.8, 4) is 0 Å². The number of hydrogen-bond acceptors (Lipinski definition) is 3. The quantitative estimate of drug-likeness (QED) is 0.250. The van der Waals surface area contributed by atoms with Gasteiger partial charge in [-0.3, -0.25) is 4.79 Å². The van der Waals surface area contributed by atoms with E-state index in [1.165, 1.54) is 12.1 Å². The zero-order valence-corrected chi connectivity index (χ0v) is 7.06. The van der Waals surface area contributed by atoms with Gasteiger partial charge in [0.25, 0.3) is 0 Å². The van der Waals surface area contributed by atoms with Crippen LogP contribution in [-0.4, -0.2) is 22.8 Å². The Morgan fingerprint density at radius 1 is 1.14 bits per heavy atom. The molecule has 4 heteroatoms. The molecular weight excluding hydrogens is 184 g/mol. The minimum atomic E-state index is -1.56. The predicted octanol–water partition coefficient (Wildman–Crippen LogP) is 0.712. The van der Waals surface area contributed by atoms with Crippen molar-refractivity contribution in [2.45, 2.75) is 0 Å². The van der Waals surface area contributed by atoms with Gasteiger partial charge in [0.15, 0.2) is 5.57 Å². The van der Waals surface area contributed by atoms with Crippen LogP contribution in [-0.2, 0) is 9.59 Å². The molecule has 70 valence electrons. The SMILES string of the molecule is O=C=C(C(=O)O)C(=O)c1ccccc1. The van der Waals surface area contributed by atoms with Crippen LogP contribution in [0.4, 0.5) is 0 Å². The highest BCUT2D eigenvalue weighted by molar-refractivity contribution is 6.28. The molecular formula is C10H6O4. The van der Waals surface area contributed by atoms with Crippen LogP contribution in [0.15, 0.2) is 35.9 Å². The fourth-order valence-corrected chi connectivity index (χ4v) is 0.921. The van der Waals surface area contributed by atoms with Gasteiger partial charge >= 0.3 is 5.97 Å². The summed E-state index contributed by atoms with van der Waals surface area (Å²) in [6, 6.07) is 7.71. The summed E-state index contributed by atoms with van der Waals surface area (Å²) in [6.45, 7) is 0. The third-order valence-corrected chi connectivity index (χ3v) is 1.58. The first-order valence-corrected chi connectivity index (χ1v) is 3.75. The van der Waals surface area contributed by atoms with E-state index in [1.54, 1.807) is 18.2 Å². The monoisotopic (exact) mass is 190 g/mol. The van der Waals surface area contributed by atoms with E-state index in [-0.39, 0.29) is 5.56 Å². The summed E-state index contributed by atoms with van der Waals surface area (Å²) in [7, 11) is 0. The molecule has 0 saturated carbocycles. The Bertz CT molecular complexity index is 413. The van der Waals surface area contributed by atoms with Crippen LogP contribution in [0.5, 0.6) is 0 Å². The zero-order chi connectivity index (χ0) is 10.6. The first-order chi connectivity index (χ1) is 6.66. The summed E-state index contributed by atoms with van der Waals surface area (Å²) in [4.78, 5) is 32.0. The van der Waals surface area contributed by atoms with E-state index in [0.29, 0.717) is 0 Å². The first kappa shape index (κ1) is 9.89. The van der Waals surface area contributed by atoms with Gasteiger partial charge in [-0.2, -0.15) is 0 Å². The average molecular weight is 190 g/mol. The number of carboxylic acids is 1. The maximum atomic E-state index is 11.3. The summed E-state index contributed by atoms with van der Waals surface area (Å²) < 4.78 is 0. The smallest absolute Gasteiger partial charge is 0.351 e. The second-order valence-corrected chi connectivity index (χ2v) is 2.48. The second-order valence-electron chi connectivity index (χ2n) is 2.48. The molecule has 0 saturated heterocycles. The zero-order valence-electron chi connectivity index (χ0n) is 7.06. The van der Waals surface area contributed by atoms with Crippen molar-refractivity contribution < 1.29 is 19.5 Å². The highest BCUT2D eigenvalue weighted by Crippen LogP contribution is 2.05. The van der Waals surface area contributed by atoms with Gasteiger partial charge < -0.3 is 5.11 Å². The molecule has 0 atom stereocenters. The highest BCUT2D eigenvalue weighted by atomic mass is 16.4. The van der Waals surface area contributed by atoms with E-state index in [1.807, 2.05) is 0 Å². The number of Topliss-reactive ketones (excluding diaryl/α,β-unsaturated/α-hetero) is 1. The number of carbonyl (C=O) groups excluding carboxylic acids is 2. The number of aliphatic carboxylic acids is 1. The lowest BCUT2D eigenvalue weighted by atomic mass is 10.1. The third-order valence-electron chi connectivity index (χ3n) is 1.58. The van der Waals surface area contributed by atoms with E-state index in [0.717, 1.165) is 5.94 Å². The van der Waals surface area contributed by atoms with Gasteiger partial charge in [0.1, 0.15) is 5.94 Å². The molecule has 0 amide bonds. The number of carboxylic acid groups (broad SMARTS) is 1. The van der Waals surface area contributed by atoms with Crippen LogP contribution >= 0.6 is 0 Å². The molecule has 1 N–H and O–H groups in total. The maximum Gasteiger partial charge on any atom is 0.351 e. The molecule has 0 fully saturated rings. The normalized spacial score (nSPS) is 8.86. The Morgan fingerprint density at radius 2 is 1.71 bits per heavy atom. The lowest BCUT2D eigenvalue weighted by Gasteiger charge is -1.96. The molecule has 0 bridgehead atoms. The minimum absolute atomic E-state index is 0.160. The van der Waals surface area contributed by atoms with E-state index in [4.69, 9.17) is 5.11 Å². The van der Waals surface area contributed by atoms with Crippen molar-refractivity contribution in [2.24, 2.45) is 0 Å². The second kappa shape index (κ2) is 4.16. The standard InChI is InChI=1S/C10H6O4/c11-6-8(10(13)14)9(12)7-4-2-1-3-5-7/h1-5H,(H,13,14). The number of hydrogen-bond donors (Lipinski definition) is 1. The van der Waals surface area contributed by atoms with E-state index in [2.05, 4.69) is 0 Å². The fraction of sp³-hybridized carbons (Fsp3) is 0. The average Bonchev–Trinajstić information content (AvgIpc) is 2.19. The van der Waals surface area contributed by atoms with Crippen LogP contribution in [0.3, 0.4) is 0 Å². The number of benzene rings is 1. The van der Waals surface area contributed by atoms with Crippen molar-refractivity contribution in [1.29, 1.82) is 0 Å². The molecule has 0 unspecified atom stereocenters. The van der Waals surface area contributed by atoms with Crippen molar-refractivity contribution in [3.05, 3.63) is 41.5 Å². The lowest BCUT2D eigenvalue weighted by molar-refractivity contribution is -0.132. The Kier molecular flexibility index (Phi) is 2.94. The third kappa shape index (κ3) is 1.94. The molecule has 4 nitrogen and oxygen atoms in total. The van der Waals surface area contributed by atoms with Gasteiger partial charge in [0.05, 0.1) is 0 Å². The molecule has 0 aliphatic rings. The Morgan fingerprint density at radius 3 is 2.14 bits per heavy atom. The first-order valence-electron chi connectivity index (χ1n) is 3.75. The molecule has 0 spiro atoms. The molecule has 0 aliphatic carbocycles. The Balaban J connectivity index is 3.09. The summed E-state index contributed by atoms with van der Waals surface area (Å²) in [5.74, 6) is -1.27. The van der Waals surface area contributed by atoms with Gasteiger partial charge in [-0.25, -0.2) is 9.59 Å². The topological polar surface area (TPSA) is 71.4 Å². The van der Waals surface area contributed by atoms with Crippen molar-refractivity contribution in [3.63, 3.8) is 0 Å². The molecule has 1 aromatic rings. The fourth-order valence-electron chi connectivity index (χ4n) is 0.921. The Labute approximate surface area is 79.5 Å². The van der Waals surface area contributed by atoms with Crippen LogP contribution in [0.25, 0.3) is 0 Å². The van der Waals surface area contributed by atoms with Crippen LogP contribution in [0, 0.1) is 0 Å². The van der Waals surface area contributed by atoms with Crippen LogP contribution in [0.1, 0.15) is 10.4 Å². The summed E-state index contributed by atoms with van der Waals surface area (Å²) in [6.07, 6.45) is 0. The van der Waals surface area contributed by atoms with Gasteiger partial charge in [-0.05, 0) is 0 Å². The lowest BCUT2D eigenvalue weighted by Crippen LogP contribution is -2.13. The number of carbonyl (C=O) groups is 2. The van der Waals surface area contributed by atoms with Crippen LogP contribution < -0.4 is 0 Å². The molecule has 1 rings (SSSR count). The molecule has 0 aromatic heterocycles. The molecule has 0 heterocycles. The molecule has 0 radical (unpaired) electrons. The van der Waals surface area contributed by atoms with E-state index in [9.17, 15) is 14.4 Å². The number of rotatable bonds is 3. The number of ketones is 1. The summed E-state index contributed by atoms with van der Waals surface area (Å²) in [5.41, 5.74) is -0.718. The van der Waals surface area contributed by atoms with Gasteiger partial charge in [0, 0.05) is 5.56 Å². The molecule has 14 heavy (non-hydrogen) atoms. The Hall–Kier alpha value is -2.19. The molecule has 1 aromatic carbocycles.